The fourth-order valence-corrected chi connectivity index (χ4v) is 1.75. The highest BCUT2D eigenvalue weighted by molar-refractivity contribution is 5.87. The molecule has 1 unspecified atom stereocenters. The second-order valence-corrected chi connectivity index (χ2v) is 5.31. The summed E-state index contributed by atoms with van der Waals surface area (Å²) in [4.78, 5) is 32.9. The molecule has 0 aliphatic heterocycles. The lowest BCUT2D eigenvalue weighted by Crippen LogP contribution is -2.48. The molecule has 5 N–H and O–H groups in total. The van der Waals surface area contributed by atoms with Crippen LogP contribution in [0.25, 0.3) is 0 Å². The van der Waals surface area contributed by atoms with Crippen LogP contribution in [0.15, 0.2) is 0 Å². The first kappa shape index (κ1) is 14.3. The van der Waals surface area contributed by atoms with Gasteiger partial charge in [0.15, 0.2) is 0 Å². The molecule has 7 heteroatoms. The smallest absolute Gasteiger partial charge is 0.326 e. The van der Waals surface area contributed by atoms with Crippen molar-refractivity contribution in [3.05, 3.63) is 0 Å². The van der Waals surface area contributed by atoms with E-state index in [4.69, 9.17) is 10.8 Å². The van der Waals surface area contributed by atoms with E-state index in [1.54, 1.807) is 0 Å². The number of nitrogens with one attached hydrogen (secondary N) is 2. The number of carboxylic acid groups (broad SMARTS) is 1. The van der Waals surface area contributed by atoms with E-state index in [0.717, 1.165) is 6.42 Å². The first-order valence-electron chi connectivity index (χ1n) is 5.78. The molecule has 0 aromatic rings. The third-order valence-corrected chi connectivity index (χ3v) is 3.24. The maximum atomic E-state index is 11.4. The molecule has 0 spiro atoms. The summed E-state index contributed by atoms with van der Waals surface area (Å²) < 4.78 is 0. The fourth-order valence-electron chi connectivity index (χ4n) is 1.75. The van der Waals surface area contributed by atoms with E-state index in [1.165, 1.54) is 0 Å². The highest BCUT2D eigenvalue weighted by Crippen LogP contribution is 2.50. The van der Waals surface area contributed by atoms with E-state index in [0.29, 0.717) is 12.5 Å². The van der Waals surface area contributed by atoms with Crippen LogP contribution >= 0.6 is 0 Å². The highest BCUT2D eigenvalue weighted by atomic mass is 16.4. The molecule has 1 aliphatic rings. The number of aliphatic carboxylic acids is 1. The van der Waals surface area contributed by atoms with Gasteiger partial charge in [-0.15, -0.1) is 0 Å². The molecule has 0 heterocycles. The van der Waals surface area contributed by atoms with E-state index in [9.17, 15) is 14.4 Å². The van der Waals surface area contributed by atoms with Gasteiger partial charge in [-0.05, 0) is 17.8 Å². The molecule has 1 aliphatic carbocycles. The van der Waals surface area contributed by atoms with Gasteiger partial charge in [-0.3, -0.25) is 4.79 Å². The zero-order chi connectivity index (χ0) is 13.9. The van der Waals surface area contributed by atoms with Gasteiger partial charge in [0.2, 0.25) is 5.91 Å². The van der Waals surface area contributed by atoms with E-state index in [1.807, 2.05) is 0 Å². The molecule has 1 fully saturated rings. The maximum Gasteiger partial charge on any atom is 0.326 e. The van der Waals surface area contributed by atoms with Crippen molar-refractivity contribution >= 4 is 17.9 Å². The van der Waals surface area contributed by atoms with Gasteiger partial charge < -0.3 is 21.5 Å². The Morgan fingerprint density at radius 2 is 2.00 bits per heavy atom. The SMILES string of the molecule is CC1(C)CC1CNC(=O)N[C@@H](CC(N)=O)C(=O)O. The van der Waals surface area contributed by atoms with Gasteiger partial charge in [-0.2, -0.15) is 0 Å². The molecule has 0 bridgehead atoms. The van der Waals surface area contributed by atoms with Crippen LogP contribution in [-0.4, -0.2) is 35.6 Å². The van der Waals surface area contributed by atoms with E-state index >= 15 is 0 Å². The Morgan fingerprint density at radius 3 is 2.39 bits per heavy atom. The van der Waals surface area contributed by atoms with Crippen LogP contribution in [-0.2, 0) is 9.59 Å². The number of urea groups is 1. The first-order valence-corrected chi connectivity index (χ1v) is 5.78. The second-order valence-electron chi connectivity index (χ2n) is 5.31. The number of amides is 3. The van der Waals surface area contributed by atoms with Gasteiger partial charge in [0.25, 0.3) is 0 Å². The van der Waals surface area contributed by atoms with Crippen molar-refractivity contribution in [1.29, 1.82) is 0 Å². The molecular formula is C11H19N3O4. The number of carboxylic acids is 1. The molecule has 7 nitrogen and oxygen atoms in total. The van der Waals surface area contributed by atoms with Crippen LogP contribution in [0.4, 0.5) is 4.79 Å². The lowest BCUT2D eigenvalue weighted by atomic mass is 10.1. The van der Waals surface area contributed by atoms with Crippen molar-refractivity contribution in [1.82, 2.24) is 10.6 Å². The lowest BCUT2D eigenvalue weighted by molar-refractivity contribution is -0.140. The standard InChI is InChI=1S/C11H19N3O4/c1-11(2)4-6(11)5-13-10(18)14-7(9(16)17)3-8(12)15/h6-7H,3-5H2,1-2H3,(H2,12,15)(H,16,17)(H2,13,14,18)/t6?,7-/m0/s1. The molecule has 0 saturated heterocycles. The number of hydrogen-bond acceptors (Lipinski definition) is 3. The number of carbonyl (C=O) groups is 3. The minimum absolute atomic E-state index is 0.243. The van der Waals surface area contributed by atoms with Crippen molar-refractivity contribution in [2.24, 2.45) is 17.1 Å². The Bertz CT molecular complexity index is 367. The van der Waals surface area contributed by atoms with Crippen molar-refractivity contribution in [2.45, 2.75) is 32.7 Å². The van der Waals surface area contributed by atoms with Gasteiger partial charge >= 0.3 is 12.0 Å². The molecule has 3 amide bonds. The van der Waals surface area contributed by atoms with Crippen LogP contribution in [0, 0.1) is 11.3 Å². The number of hydrogen-bond donors (Lipinski definition) is 4. The van der Waals surface area contributed by atoms with E-state index in [-0.39, 0.29) is 5.41 Å². The van der Waals surface area contributed by atoms with Crippen molar-refractivity contribution in [3.63, 3.8) is 0 Å². The Labute approximate surface area is 105 Å². The summed E-state index contributed by atoms with van der Waals surface area (Å²) in [5.41, 5.74) is 5.14. The van der Waals surface area contributed by atoms with E-state index in [2.05, 4.69) is 24.5 Å². The lowest BCUT2D eigenvalue weighted by Gasteiger charge is -2.14. The topological polar surface area (TPSA) is 122 Å². The van der Waals surface area contributed by atoms with Gasteiger partial charge in [-0.25, -0.2) is 9.59 Å². The predicted octanol–water partition coefficient (Wildman–Crippen LogP) is -0.340. The summed E-state index contributed by atoms with van der Waals surface area (Å²) in [5, 5.41) is 13.6. The Morgan fingerprint density at radius 1 is 1.44 bits per heavy atom. The van der Waals surface area contributed by atoms with E-state index < -0.39 is 30.4 Å². The summed E-state index contributed by atoms with van der Waals surface area (Å²) in [6.45, 7) is 4.70. The predicted molar refractivity (Wildman–Crippen MR) is 63.7 cm³/mol. The second kappa shape index (κ2) is 5.24. The molecule has 0 aromatic carbocycles. The maximum absolute atomic E-state index is 11.4. The summed E-state index contributed by atoms with van der Waals surface area (Å²) in [7, 11) is 0. The summed E-state index contributed by atoms with van der Waals surface area (Å²) in [6, 6.07) is -1.87. The molecule has 0 aromatic heterocycles. The van der Waals surface area contributed by atoms with Crippen LogP contribution in [0.5, 0.6) is 0 Å². The molecule has 1 saturated carbocycles. The van der Waals surface area contributed by atoms with Gasteiger partial charge in [0.1, 0.15) is 6.04 Å². The number of primary amides is 1. The molecular weight excluding hydrogens is 238 g/mol. The molecule has 18 heavy (non-hydrogen) atoms. The monoisotopic (exact) mass is 257 g/mol. The molecule has 102 valence electrons. The van der Waals surface area contributed by atoms with Crippen LogP contribution in [0.2, 0.25) is 0 Å². The normalized spacial score (nSPS) is 21.8. The molecule has 1 rings (SSSR count). The van der Waals surface area contributed by atoms with Crippen LogP contribution in [0.1, 0.15) is 26.7 Å². The van der Waals surface area contributed by atoms with Crippen molar-refractivity contribution < 1.29 is 19.5 Å². The first-order chi connectivity index (χ1) is 8.22. The third-order valence-electron chi connectivity index (χ3n) is 3.24. The average molecular weight is 257 g/mol. The number of rotatable bonds is 6. The zero-order valence-corrected chi connectivity index (χ0v) is 10.5. The Balaban J connectivity index is 2.33. The van der Waals surface area contributed by atoms with Crippen molar-refractivity contribution in [2.75, 3.05) is 6.54 Å². The minimum atomic E-state index is -1.28. The third kappa shape index (κ3) is 4.23. The van der Waals surface area contributed by atoms with Crippen molar-refractivity contribution in [3.8, 4) is 0 Å². The largest absolute Gasteiger partial charge is 0.480 e. The number of carbonyl (C=O) groups excluding carboxylic acids is 2. The fraction of sp³-hybridized carbons (Fsp3) is 0.727. The summed E-state index contributed by atoms with van der Waals surface area (Å²) in [6.07, 6.45) is 0.620. The van der Waals surface area contributed by atoms with Gasteiger partial charge in [0.05, 0.1) is 6.42 Å². The number of nitrogens with two attached hydrogens (primary N) is 1. The van der Waals surface area contributed by atoms with Gasteiger partial charge in [0, 0.05) is 6.54 Å². The highest BCUT2D eigenvalue weighted by Gasteiger charge is 2.45. The summed E-state index contributed by atoms with van der Waals surface area (Å²) in [5.74, 6) is -1.63. The quantitative estimate of drug-likeness (QED) is 0.520. The van der Waals surface area contributed by atoms with Crippen LogP contribution in [0.3, 0.4) is 0 Å². The zero-order valence-electron chi connectivity index (χ0n) is 10.5. The Hall–Kier alpha value is -1.79. The van der Waals surface area contributed by atoms with Gasteiger partial charge in [-0.1, -0.05) is 13.8 Å². The molecule has 2 atom stereocenters. The average Bonchev–Trinajstić information content (AvgIpc) is 2.82. The van der Waals surface area contributed by atoms with Crippen LogP contribution < -0.4 is 16.4 Å². The summed E-state index contributed by atoms with van der Waals surface area (Å²) >= 11 is 0. The molecule has 0 radical (unpaired) electrons. The minimum Gasteiger partial charge on any atom is -0.480 e. The Kier molecular flexibility index (Phi) is 4.15.